The van der Waals surface area contributed by atoms with Crippen molar-refractivity contribution in [2.45, 2.75) is 39.3 Å². The molecule has 0 saturated carbocycles. The third-order valence-electron chi connectivity index (χ3n) is 4.85. The van der Waals surface area contributed by atoms with E-state index in [4.69, 9.17) is 0 Å². The number of rotatable bonds is 5. The van der Waals surface area contributed by atoms with Gasteiger partial charge in [-0.25, -0.2) is 0 Å². The summed E-state index contributed by atoms with van der Waals surface area (Å²) >= 11 is 0. The van der Waals surface area contributed by atoms with Crippen LogP contribution in [0, 0.1) is 5.92 Å². The van der Waals surface area contributed by atoms with Gasteiger partial charge in [0.05, 0.1) is 5.52 Å². The first-order chi connectivity index (χ1) is 11.5. The van der Waals surface area contributed by atoms with Gasteiger partial charge in [0.15, 0.2) is 0 Å². The summed E-state index contributed by atoms with van der Waals surface area (Å²) < 4.78 is 0. The highest BCUT2D eigenvalue weighted by molar-refractivity contribution is 5.79. The number of pyridine rings is 1. The summed E-state index contributed by atoms with van der Waals surface area (Å²) in [7, 11) is 2.17. The molecule has 128 valence electrons. The van der Waals surface area contributed by atoms with Crippen LogP contribution in [0.2, 0.25) is 0 Å². The van der Waals surface area contributed by atoms with Gasteiger partial charge in [0.1, 0.15) is 0 Å². The molecular weight excluding hydrogens is 298 g/mol. The molecule has 1 fully saturated rings. The average Bonchev–Trinajstić information content (AvgIpc) is 2.56. The van der Waals surface area contributed by atoms with Gasteiger partial charge in [0.2, 0.25) is 5.91 Å². The largest absolute Gasteiger partial charge is 0.340 e. The lowest BCUT2D eigenvalue weighted by atomic mass is 9.96. The SMILES string of the molecule is CC(C)N1CC(CN(C)Cc2ccc3ncccc3c2)CCC1=O. The van der Waals surface area contributed by atoms with Crippen LogP contribution in [0.25, 0.3) is 10.9 Å². The van der Waals surface area contributed by atoms with Crippen molar-refractivity contribution in [3.63, 3.8) is 0 Å². The molecular formula is C20H27N3O. The van der Waals surface area contributed by atoms with E-state index in [1.807, 2.05) is 17.2 Å². The zero-order valence-corrected chi connectivity index (χ0v) is 14.9. The molecule has 1 unspecified atom stereocenters. The van der Waals surface area contributed by atoms with Crippen molar-refractivity contribution in [1.82, 2.24) is 14.8 Å². The van der Waals surface area contributed by atoms with Crippen molar-refractivity contribution >= 4 is 16.8 Å². The van der Waals surface area contributed by atoms with E-state index in [1.54, 1.807) is 0 Å². The molecule has 4 heteroatoms. The summed E-state index contributed by atoms with van der Waals surface area (Å²) in [4.78, 5) is 20.8. The molecule has 2 aromatic rings. The monoisotopic (exact) mass is 325 g/mol. The van der Waals surface area contributed by atoms with Gasteiger partial charge in [-0.3, -0.25) is 9.78 Å². The lowest BCUT2D eigenvalue weighted by Gasteiger charge is -2.37. The van der Waals surface area contributed by atoms with Crippen molar-refractivity contribution in [2.75, 3.05) is 20.1 Å². The Bertz CT molecular complexity index is 713. The zero-order chi connectivity index (χ0) is 17.1. The number of carbonyl (C=O) groups excluding carboxylic acids is 1. The van der Waals surface area contributed by atoms with Gasteiger partial charge in [0, 0.05) is 43.7 Å². The van der Waals surface area contributed by atoms with E-state index in [-0.39, 0.29) is 0 Å². The predicted molar refractivity (Wildman–Crippen MR) is 97.7 cm³/mol. The second-order valence-corrected chi connectivity index (χ2v) is 7.27. The molecule has 0 spiro atoms. The summed E-state index contributed by atoms with van der Waals surface area (Å²) in [5.41, 5.74) is 2.35. The van der Waals surface area contributed by atoms with Crippen LogP contribution in [0.4, 0.5) is 0 Å². The minimum atomic E-state index is 0.304. The van der Waals surface area contributed by atoms with E-state index in [0.29, 0.717) is 24.3 Å². The summed E-state index contributed by atoms with van der Waals surface area (Å²) in [5, 5.41) is 1.19. The number of hydrogen-bond donors (Lipinski definition) is 0. The Labute approximate surface area is 144 Å². The Morgan fingerprint density at radius 2 is 2.17 bits per heavy atom. The summed E-state index contributed by atoms with van der Waals surface area (Å²) in [5.74, 6) is 0.878. The van der Waals surface area contributed by atoms with Gasteiger partial charge in [-0.2, -0.15) is 0 Å². The topological polar surface area (TPSA) is 36.4 Å². The van der Waals surface area contributed by atoms with Crippen molar-refractivity contribution in [3.8, 4) is 0 Å². The Morgan fingerprint density at radius 3 is 2.96 bits per heavy atom. The van der Waals surface area contributed by atoms with Crippen molar-refractivity contribution < 1.29 is 4.79 Å². The minimum Gasteiger partial charge on any atom is -0.340 e. The van der Waals surface area contributed by atoms with Gasteiger partial charge in [-0.05, 0) is 57.0 Å². The van der Waals surface area contributed by atoms with Crippen LogP contribution in [0.15, 0.2) is 36.5 Å². The number of benzene rings is 1. The number of nitrogens with zero attached hydrogens (tertiary/aromatic N) is 3. The molecule has 1 amide bonds. The molecule has 1 aromatic carbocycles. The standard InChI is InChI=1S/C20H27N3O/c1-15(2)23-14-17(7-9-20(23)24)13-22(3)12-16-6-8-19-18(11-16)5-4-10-21-19/h4-6,8,10-11,15,17H,7,9,12-14H2,1-3H3. The Balaban J connectivity index is 1.60. The molecule has 1 aromatic heterocycles. The number of hydrogen-bond acceptors (Lipinski definition) is 3. The molecule has 1 saturated heterocycles. The molecule has 3 rings (SSSR count). The molecule has 1 aliphatic rings. The lowest BCUT2D eigenvalue weighted by Crippen LogP contribution is -2.46. The van der Waals surface area contributed by atoms with Crippen LogP contribution in [0.1, 0.15) is 32.3 Å². The van der Waals surface area contributed by atoms with Crippen molar-refractivity contribution in [2.24, 2.45) is 5.92 Å². The molecule has 0 N–H and O–H groups in total. The normalized spacial score (nSPS) is 18.8. The molecule has 4 nitrogen and oxygen atoms in total. The molecule has 0 radical (unpaired) electrons. The van der Waals surface area contributed by atoms with E-state index >= 15 is 0 Å². The quantitative estimate of drug-likeness (QED) is 0.846. The van der Waals surface area contributed by atoms with E-state index in [2.05, 4.69) is 55.0 Å². The first kappa shape index (κ1) is 16.9. The maximum Gasteiger partial charge on any atom is 0.222 e. The summed E-state index contributed by atoms with van der Waals surface area (Å²) in [6.07, 6.45) is 3.53. The van der Waals surface area contributed by atoms with E-state index in [1.165, 1.54) is 10.9 Å². The van der Waals surface area contributed by atoms with Crippen molar-refractivity contribution in [1.29, 1.82) is 0 Å². The second kappa shape index (κ2) is 7.31. The smallest absolute Gasteiger partial charge is 0.222 e. The van der Waals surface area contributed by atoms with Gasteiger partial charge in [-0.15, -0.1) is 0 Å². The van der Waals surface area contributed by atoms with E-state index in [9.17, 15) is 4.79 Å². The van der Waals surface area contributed by atoms with Crippen LogP contribution in [0.5, 0.6) is 0 Å². The fourth-order valence-electron chi connectivity index (χ4n) is 3.63. The zero-order valence-electron chi connectivity index (χ0n) is 14.9. The Hall–Kier alpha value is -1.94. The highest BCUT2D eigenvalue weighted by Gasteiger charge is 2.27. The van der Waals surface area contributed by atoms with Crippen LogP contribution in [0.3, 0.4) is 0 Å². The predicted octanol–water partition coefficient (Wildman–Crippen LogP) is 3.31. The maximum absolute atomic E-state index is 12.0. The number of carbonyl (C=O) groups is 1. The maximum atomic E-state index is 12.0. The fourth-order valence-corrected chi connectivity index (χ4v) is 3.63. The van der Waals surface area contributed by atoms with Gasteiger partial charge >= 0.3 is 0 Å². The van der Waals surface area contributed by atoms with E-state index in [0.717, 1.165) is 31.6 Å². The number of piperidine rings is 1. The molecule has 1 aliphatic heterocycles. The van der Waals surface area contributed by atoms with Gasteiger partial charge in [0.25, 0.3) is 0 Å². The van der Waals surface area contributed by atoms with Crippen LogP contribution in [-0.2, 0) is 11.3 Å². The van der Waals surface area contributed by atoms with Gasteiger partial charge in [-0.1, -0.05) is 12.1 Å². The molecule has 1 atom stereocenters. The number of amides is 1. The fraction of sp³-hybridized carbons (Fsp3) is 0.500. The second-order valence-electron chi connectivity index (χ2n) is 7.27. The number of likely N-dealkylation sites (tertiary alicyclic amines) is 1. The number of aromatic nitrogens is 1. The molecule has 2 heterocycles. The third kappa shape index (κ3) is 3.93. The summed E-state index contributed by atoms with van der Waals surface area (Å²) in [6, 6.07) is 10.9. The minimum absolute atomic E-state index is 0.304. The van der Waals surface area contributed by atoms with Crippen LogP contribution < -0.4 is 0 Å². The third-order valence-corrected chi connectivity index (χ3v) is 4.85. The molecule has 0 bridgehead atoms. The lowest BCUT2D eigenvalue weighted by molar-refractivity contribution is -0.136. The van der Waals surface area contributed by atoms with Crippen LogP contribution >= 0.6 is 0 Å². The molecule has 0 aliphatic carbocycles. The number of fused-ring (bicyclic) bond motifs is 1. The Kier molecular flexibility index (Phi) is 5.14. The van der Waals surface area contributed by atoms with E-state index < -0.39 is 0 Å². The highest BCUT2D eigenvalue weighted by atomic mass is 16.2. The first-order valence-electron chi connectivity index (χ1n) is 8.84. The summed E-state index contributed by atoms with van der Waals surface area (Å²) in [6.45, 7) is 7.06. The van der Waals surface area contributed by atoms with Crippen molar-refractivity contribution in [3.05, 3.63) is 42.1 Å². The Morgan fingerprint density at radius 1 is 1.33 bits per heavy atom. The van der Waals surface area contributed by atoms with Gasteiger partial charge < -0.3 is 9.80 Å². The highest BCUT2D eigenvalue weighted by Crippen LogP contribution is 2.21. The van der Waals surface area contributed by atoms with Crippen LogP contribution in [-0.4, -0.2) is 46.9 Å². The molecule has 24 heavy (non-hydrogen) atoms. The average molecular weight is 325 g/mol. The first-order valence-corrected chi connectivity index (χ1v) is 8.84.